The molecule has 0 bridgehead atoms. The highest BCUT2D eigenvalue weighted by molar-refractivity contribution is 9.10. The van der Waals surface area contributed by atoms with E-state index in [0.717, 1.165) is 17.4 Å². The van der Waals surface area contributed by atoms with Gasteiger partial charge in [0.1, 0.15) is 5.69 Å². The van der Waals surface area contributed by atoms with Gasteiger partial charge >= 0.3 is 0 Å². The number of rotatable bonds is 7. The molecule has 0 aliphatic rings. The van der Waals surface area contributed by atoms with Crippen molar-refractivity contribution in [2.24, 2.45) is 0 Å². The first-order valence-electron chi connectivity index (χ1n) is 5.26. The van der Waals surface area contributed by atoms with Crippen molar-refractivity contribution in [3.8, 4) is 0 Å². The van der Waals surface area contributed by atoms with Gasteiger partial charge in [0.05, 0.1) is 17.2 Å². The zero-order chi connectivity index (χ0) is 12.0. The molecule has 1 aromatic heterocycles. The molecule has 0 saturated heterocycles. The van der Waals surface area contributed by atoms with Crippen molar-refractivity contribution in [3.05, 3.63) is 29.0 Å². The molecule has 0 radical (unpaired) electrons. The predicted octanol–water partition coefficient (Wildman–Crippen LogP) is 2.01. The fraction of sp³-hybridized carbons (Fsp3) is 0.455. The number of hydrogen-bond donors (Lipinski definition) is 1. The van der Waals surface area contributed by atoms with Gasteiger partial charge in [-0.2, -0.15) is 5.10 Å². The normalized spacial score (nSPS) is 10.4. The Bertz CT molecular complexity index is 373. The van der Waals surface area contributed by atoms with Crippen LogP contribution in [-0.4, -0.2) is 28.7 Å². The first-order chi connectivity index (χ1) is 7.70. The Kier molecular flexibility index (Phi) is 5.42. The van der Waals surface area contributed by atoms with Gasteiger partial charge in [-0.25, -0.2) is 0 Å². The minimum atomic E-state index is 0.0414. The second-order valence-electron chi connectivity index (χ2n) is 3.41. The van der Waals surface area contributed by atoms with Gasteiger partial charge in [0.25, 0.3) is 0 Å². The lowest BCUT2D eigenvalue weighted by atomic mass is 10.2. The van der Waals surface area contributed by atoms with E-state index >= 15 is 0 Å². The molecule has 4 nitrogen and oxygen atoms in total. The molecule has 16 heavy (non-hydrogen) atoms. The van der Waals surface area contributed by atoms with Crippen LogP contribution < -0.4 is 5.32 Å². The predicted molar refractivity (Wildman–Crippen MR) is 67.6 cm³/mol. The van der Waals surface area contributed by atoms with Crippen LogP contribution in [0.4, 0.5) is 0 Å². The second-order valence-corrected chi connectivity index (χ2v) is 4.26. The molecular weight excluding hydrogens is 270 g/mol. The van der Waals surface area contributed by atoms with Crippen molar-refractivity contribution >= 4 is 21.7 Å². The Morgan fingerprint density at radius 3 is 3.12 bits per heavy atom. The number of halogens is 1. The summed E-state index contributed by atoms with van der Waals surface area (Å²) in [5.41, 5.74) is 0.637. The minimum Gasteiger partial charge on any atom is -0.306 e. The summed E-state index contributed by atoms with van der Waals surface area (Å²) >= 11 is 3.34. The Hall–Kier alpha value is -0.940. The maximum absolute atomic E-state index is 11.9. The van der Waals surface area contributed by atoms with Crippen LogP contribution in [0.1, 0.15) is 23.8 Å². The standard InChI is InChI=1S/C11H16BrN3O/c1-3-5-13-8-10(16)11-9(12)7-14-15(11)6-4-2/h3,7,13H,1,4-6,8H2,2H3. The highest BCUT2D eigenvalue weighted by atomic mass is 79.9. The number of carbonyl (C=O) groups is 1. The van der Waals surface area contributed by atoms with Crippen LogP contribution in [0.5, 0.6) is 0 Å². The van der Waals surface area contributed by atoms with Crippen LogP contribution in [0.3, 0.4) is 0 Å². The summed E-state index contributed by atoms with van der Waals surface area (Å²) in [6, 6.07) is 0. The molecule has 0 aliphatic carbocycles. The molecule has 1 N–H and O–H groups in total. The lowest BCUT2D eigenvalue weighted by molar-refractivity contribution is 0.0981. The van der Waals surface area contributed by atoms with Crippen LogP contribution in [0, 0.1) is 0 Å². The molecule has 0 aromatic carbocycles. The van der Waals surface area contributed by atoms with E-state index in [1.807, 2.05) is 0 Å². The molecule has 0 aliphatic heterocycles. The van der Waals surface area contributed by atoms with Crippen molar-refractivity contribution < 1.29 is 4.79 Å². The summed E-state index contributed by atoms with van der Waals surface area (Å²) < 4.78 is 2.49. The fourth-order valence-corrected chi connectivity index (χ4v) is 1.91. The largest absolute Gasteiger partial charge is 0.306 e. The van der Waals surface area contributed by atoms with Crippen LogP contribution in [0.2, 0.25) is 0 Å². The van der Waals surface area contributed by atoms with Gasteiger partial charge in [0.2, 0.25) is 0 Å². The van der Waals surface area contributed by atoms with E-state index in [-0.39, 0.29) is 5.78 Å². The van der Waals surface area contributed by atoms with Gasteiger partial charge in [0.15, 0.2) is 5.78 Å². The van der Waals surface area contributed by atoms with Crippen LogP contribution in [0.25, 0.3) is 0 Å². The van der Waals surface area contributed by atoms with E-state index in [0.29, 0.717) is 18.8 Å². The van der Waals surface area contributed by atoms with Crippen molar-refractivity contribution in [1.82, 2.24) is 15.1 Å². The summed E-state index contributed by atoms with van der Waals surface area (Å²) in [5.74, 6) is 0.0414. The quantitative estimate of drug-likeness (QED) is 0.474. The van der Waals surface area contributed by atoms with Gasteiger partial charge in [-0.3, -0.25) is 9.48 Å². The van der Waals surface area contributed by atoms with E-state index < -0.39 is 0 Å². The Morgan fingerprint density at radius 2 is 2.50 bits per heavy atom. The van der Waals surface area contributed by atoms with E-state index in [2.05, 4.69) is 39.8 Å². The van der Waals surface area contributed by atoms with E-state index in [1.165, 1.54) is 0 Å². The van der Waals surface area contributed by atoms with Crippen molar-refractivity contribution in [2.45, 2.75) is 19.9 Å². The average molecular weight is 286 g/mol. The first-order valence-corrected chi connectivity index (χ1v) is 6.06. The van der Waals surface area contributed by atoms with E-state index in [4.69, 9.17) is 0 Å². The summed E-state index contributed by atoms with van der Waals surface area (Å²) in [4.78, 5) is 11.9. The number of aromatic nitrogens is 2. The van der Waals surface area contributed by atoms with E-state index in [1.54, 1.807) is 17.0 Å². The third-order valence-electron chi connectivity index (χ3n) is 2.07. The third kappa shape index (κ3) is 3.28. The number of carbonyl (C=O) groups excluding carboxylic acids is 1. The number of aryl methyl sites for hydroxylation is 1. The zero-order valence-corrected chi connectivity index (χ0v) is 11.0. The van der Waals surface area contributed by atoms with Gasteiger partial charge in [-0.15, -0.1) is 6.58 Å². The Morgan fingerprint density at radius 1 is 1.75 bits per heavy atom. The molecule has 0 amide bonds. The highest BCUT2D eigenvalue weighted by Gasteiger charge is 2.15. The zero-order valence-electron chi connectivity index (χ0n) is 9.37. The van der Waals surface area contributed by atoms with Gasteiger partial charge in [0, 0.05) is 13.1 Å². The van der Waals surface area contributed by atoms with Gasteiger partial charge in [-0.1, -0.05) is 13.0 Å². The highest BCUT2D eigenvalue weighted by Crippen LogP contribution is 2.16. The molecule has 1 aromatic rings. The molecule has 5 heteroatoms. The lowest BCUT2D eigenvalue weighted by Gasteiger charge is -2.06. The van der Waals surface area contributed by atoms with Crippen molar-refractivity contribution in [3.63, 3.8) is 0 Å². The third-order valence-corrected chi connectivity index (χ3v) is 2.65. The molecule has 0 unspecified atom stereocenters. The number of ketones is 1. The van der Waals surface area contributed by atoms with Crippen molar-refractivity contribution in [1.29, 1.82) is 0 Å². The molecule has 0 spiro atoms. The van der Waals surface area contributed by atoms with Crippen LogP contribution in [0.15, 0.2) is 23.3 Å². The summed E-state index contributed by atoms with van der Waals surface area (Å²) in [6.45, 7) is 7.33. The summed E-state index contributed by atoms with van der Waals surface area (Å²) in [7, 11) is 0. The summed E-state index contributed by atoms with van der Waals surface area (Å²) in [5, 5.41) is 7.15. The number of nitrogens with zero attached hydrogens (tertiary/aromatic N) is 2. The maximum atomic E-state index is 11.9. The van der Waals surface area contributed by atoms with Gasteiger partial charge in [-0.05, 0) is 22.4 Å². The number of hydrogen-bond acceptors (Lipinski definition) is 3. The fourth-order valence-electron chi connectivity index (χ4n) is 1.39. The molecule has 1 rings (SSSR count). The Labute approximate surface area is 104 Å². The van der Waals surface area contributed by atoms with Crippen LogP contribution in [-0.2, 0) is 6.54 Å². The van der Waals surface area contributed by atoms with Crippen molar-refractivity contribution in [2.75, 3.05) is 13.1 Å². The van der Waals surface area contributed by atoms with Gasteiger partial charge < -0.3 is 5.32 Å². The topological polar surface area (TPSA) is 46.9 Å². The molecular formula is C11H16BrN3O. The van der Waals surface area contributed by atoms with E-state index in [9.17, 15) is 4.79 Å². The van der Waals surface area contributed by atoms with Crippen LogP contribution >= 0.6 is 15.9 Å². The first kappa shape index (κ1) is 13.1. The molecule has 0 saturated carbocycles. The maximum Gasteiger partial charge on any atom is 0.195 e. The second kappa shape index (κ2) is 6.60. The molecule has 88 valence electrons. The lowest BCUT2D eigenvalue weighted by Crippen LogP contribution is -2.25. The SMILES string of the molecule is C=CCNCC(=O)c1c(Br)cnn1CCC. The number of nitrogens with one attached hydrogen (secondary N) is 1. The molecule has 0 atom stereocenters. The summed E-state index contributed by atoms with van der Waals surface area (Å²) in [6.07, 6.45) is 4.34. The average Bonchev–Trinajstić information content (AvgIpc) is 2.61. The smallest absolute Gasteiger partial charge is 0.195 e. The molecule has 1 heterocycles. The monoisotopic (exact) mass is 285 g/mol. The number of Topliss-reactive ketones (excluding diaryl/α,β-unsaturated/α-hetero) is 1. The Balaban J connectivity index is 2.72. The minimum absolute atomic E-state index is 0.0414. The molecule has 0 fully saturated rings.